The second-order valence-corrected chi connectivity index (χ2v) is 5.48. The summed E-state index contributed by atoms with van der Waals surface area (Å²) in [5.41, 5.74) is 1.65. The van der Waals surface area contributed by atoms with Crippen LogP contribution >= 0.6 is 22.6 Å². The zero-order valence-corrected chi connectivity index (χ0v) is 12.5. The number of hydrogen-bond acceptors (Lipinski definition) is 1. The van der Waals surface area contributed by atoms with Crippen molar-refractivity contribution in [3.05, 3.63) is 68.3 Å². The molecule has 1 unspecified atom stereocenters. The molecular formula is C15H13F2IO. The topological polar surface area (TPSA) is 20.2 Å². The summed E-state index contributed by atoms with van der Waals surface area (Å²) in [6.45, 7) is 1.93. The highest BCUT2D eigenvalue weighted by atomic mass is 127. The highest BCUT2D eigenvalue weighted by Gasteiger charge is 2.17. The highest BCUT2D eigenvalue weighted by molar-refractivity contribution is 14.1. The molecule has 0 saturated heterocycles. The first-order valence-electron chi connectivity index (χ1n) is 5.86. The molecule has 100 valence electrons. The molecule has 1 N–H and O–H groups in total. The van der Waals surface area contributed by atoms with Crippen molar-refractivity contribution in [1.29, 1.82) is 0 Å². The van der Waals surface area contributed by atoms with Gasteiger partial charge >= 0.3 is 0 Å². The van der Waals surface area contributed by atoms with E-state index in [1.165, 1.54) is 18.2 Å². The Kier molecular flexibility index (Phi) is 4.52. The maximum absolute atomic E-state index is 13.6. The number of benzene rings is 2. The molecule has 1 nitrogen and oxygen atoms in total. The van der Waals surface area contributed by atoms with Gasteiger partial charge in [0.05, 0.1) is 6.10 Å². The Bertz CT molecular complexity index is 578. The summed E-state index contributed by atoms with van der Waals surface area (Å²) in [6.07, 6.45) is -0.990. The number of rotatable bonds is 3. The van der Waals surface area contributed by atoms with Gasteiger partial charge in [-0.05, 0) is 52.8 Å². The molecule has 2 aromatic carbocycles. The summed E-state index contributed by atoms with van der Waals surface area (Å²) in [5, 5.41) is 10.2. The Hall–Kier alpha value is -1.01. The molecule has 0 amide bonds. The summed E-state index contributed by atoms with van der Waals surface area (Å²) < 4.78 is 28.0. The first-order valence-corrected chi connectivity index (χ1v) is 6.94. The van der Waals surface area contributed by atoms with E-state index in [-0.39, 0.29) is 12.0 Å². The van der Waals surface area contributed by atoms with Gasteiger partial charge in [0.25, 0.3) is 0 Å². The molecule has 0 spiro atoms. The monoisotopic (exact) mass is 374 g/mol. The number of aliphatic hydroxyl groups excluding tert-OH is 1. The molecular weight excluding hydrogens is 361 g/mol. The van der Waals surface area contributed by atoms with Gasteiger partial charge in [0.15, 0.2) is 0 Å². The lowest BCUT2D eigenvalue weighted by atomic mass is 9.99. The third-order valence-corrected chi connectivity index (χ3v) is 4.51. The molecule has 1 atom stereocenters. The van der Waals surface area contributed by atoms with Crippen LogP contribution < -0.4 is 0 Å². The van der Waals surface area contributed by atoms with E-state index in [0.717, 1.165) is 9.13 Å². The molecule has 0 aliphatic carbocycles. The first-order chi connectivity index (χ1) is 9.00. The zero-order valence-electron chi connectivity index (χ0n) is 10.3. The predicted octanol–water partition coefficient (Wildman–Crippen LogP) is 4.15. The lowest BCUT2D eigenvalue weighted by molar-refractivity contribution is 0.174. The molecule has 0 radical (unpaired) electrons. The Morgan fingerprint density at radius 1 is 1.11 bits per heavy atom. The van der Waals surface area contributed by atoms with Crippen molar-refractivity contribution in [2.24, 2.45) is 0 Å². The van der Waals surface area contributed by atoms with Crippen LogP contribution in [-0.2, 0) is 6.42 Å². The lowest BCUT2D eigenvalue weighted by Gasteiger charge is -2.15. The van der Waals surface area contributed by atoms with Crippen LogP contribution in [0.2, 0.25) is 0 Å². The largest absolute Gasteiger partial charge is 0.388 e. The number of halogens is 3. The van der Waals surface area contributed by atoms with Crippen molar-refractivity contribution >= 4 is 22.6 Å². The van der Waals surface area contributed by atoms with Crippen LogP contribution in [0, 0.1) is 22.1 Å². The van der Waals surface area contributed by atoms with Crippen LogP contribution in [0.5, 0.6) is 0 Å². The summed E-state index contributed by atoms with van der Waals surface area (Å²) >= 11 is 2.13. The molecule has 0 aliphatic rings. The standard InChI is InChI=1S/C15H13F2IO/c1-9-4-2-5-10(15(9)18)14(19)8-11-12(16)6-3-7-13(11)17/h2-7,14,19H,8H2,1H3. The van der Waals surface area contributed by atoms with E-state index >= 15 is 0 Å². The van der Waals surface area contributed by atoms with E-state index in [1.807, 2.05) is 19.1 Å². The van der Waals surface area contributed by atoms with Crippen LogP contribution in [0.15, 0.2) is 36.4 Å². The molecule has 2 rings (SSSR count). The van der Waals surface area contributed by atoms with Crippen LogP contribution in [0.3, 0.4) is 0 Å². The summed E-state index contributed by atoms with van der Waals surface area (Å²) in [4.78, 5) is 0. The van der Waals surface area contributed by atoms with Crippen LogP contribution in [0.4, 0.5) is 8.78 Å². The number of aryl methyl sites for hydroxylation is 1. The first kappa shape index (κ1) is 14.4. The minimum atomic E-state index is -0.918. The zero-order chi connectivity index (χ0) is 14.0. The minimum absolute atomic E-state index is 0.0715. The maximum Gasteiger partial charge on any atom is 0.129 e. The van der Waals surface area contributed by atoms with Gasteiger partial charge in [-0.1, -0.05) is 24.3 Å². The maximum atomic E-state index is 13.6. The van der Waals surface area contributed by atoms with Gasteiger partial charge in [0, 0.05) is 15.6 Å². The second kappa shape index (κ2) is 5.96. The van der Waals surface area contributed by atoms with Crippen LogP contribution in [0.25, 0.3) is 0 Å². The summed E-state index contributed by atoms with van der Waals surface area (Å²) in [5.74, 6) is -1.25. The third-order valence-electron chi connectivity index (χ3n) is 3.04. The fraction of sp³-hybridized carbons (Fsp3) is 0.200. The molecule has 0 aromatic heterocycles. The summed E-state index contributed by atoms with van der Waals surface area (Å²) in [7, 11) is 0. The fourth-order valence-electron chi connectivity index (χ4n) is 1.96. The normalized spacial score (nSPS) is 12.5. The smallest absolute Gasteiger partial charge is 0.129 e. The predicted molar refractivity (Wildman–Crippen MR) is 78.9 cm³/mol. The lowest BCUT2D eigenvalue weighted by Crippen LogP contribution is -2.08. The quantitative estimate of drug-likeness (QED) is 0.801. The molecule has 0 bridgehead atoms. The van der Waals surface area contributed by atoms with E-state index in [0.29, 0.717) is 5.56 Å². The minimum Gasteiger partial charge on any atom is -0.388 e. The Morgan fingerprint density at radius 2 is 1.68 bits per heavy atom. The molecule has 0 aliphatic heterocycles. The van der Waals surface area contributed by atoms with E-state index in [4.69, 9.17) is 0 Å². The van der Waals surface area contributed by atoms with E-state index < -0.39 is 17.7 Å². The highest BCUT2D eigenvalue weighted by Crippen LogP contribution is 2.27. The SMILES string of the molecule is Cc1cccc(C(O)Cc2c(F)cccc2F)c1I. The van der Waals surface area contributed by atoms with Gasteiger partial charge in [0.1, 0.15) is 11.6 Å². The van der Waals surface area contributed by atoms with Crippen molar-refractivity contribution in [3.63, 3.8) is 0 Å². The second-order valence-electron chi connectivity index (χ2n) is 4.40. The molecule has 19 heavy (non-hydrogen) atoms. The van der Waals surface area contributed by atoms with Gasteiger partial charge < -0.3 is 5.11 Å². The average Bonchev–Trinajstić information content (AvgIpc) is 2.37. The van der Waals surface area contributed by atoms with Crippen LogP contribution in [-0.4, -0.2) is 5.11 Å². The van der Waals surface area contributed by atoms with E-state index in [1.54, 1.807) is 6.07 Å². The van der Waals surface area contributed by atoms with E-state index in [9.17, 15) is 13.9 Å². The van der Waals surface area contributed by atoms with Crippen molar-refractivity contribution in [1.82, 2.24) is 0 Å². The van der Waals surface area contributed by atoms with Crippen molar-refractivity contribution < 1.29 is 13.9 Å². The van der Waals surface area contributed by atoms with Crippen molar-refractivity contribution in [3.8, 4) is 0 Å². The number of hydrogen-bond donors (Lipinski definition) is 1. The van der Waals surface area contributed by atoms with Gasteiger partial charge in [0.2, 0.25) is 0 Å². The Balaban J connectivity index is 2.31. The van der Waals surface area contributed by atoms with Gasteiger partial charge in [-0.2, -0.15) is 0 Å². The van der Waals surface area contributed by atoms with Crippen LogP contribution in [0.1, 0.15) is 22.8 Å². The molecule has 4 heteroatoms. The van der Waals surface area contributed by atoms with Gasteiger partial charge in [-0.15, -0.1) is 0 Å². The van der Waals surface area contributed by atoms with E-state index in [2.05, 4.69) is 22.6 Å². The Morgan fingerprint density at radius 3 is 2.32 bits per heavy atom. The molecule has 2 aromatic rings. The molecule has 0 fully saturated rings. The van der Waals surface area contributed by atoms with Crippen molar-refractivity contribution in [2.75, 3.05) is 0 Å². The summed E-state index contributed by atoms with van der Waals surface area (Å²) in [6, 6.07) is 9.25. The molecule has 0 saturated carbocycles. The van der Waals surface area contributed by atoms with Crippen molar-refractivity contribution in [2.45, 2.75) is 19.4 Å². The number of aliphatic hydroxyl groups is 1. The average molecular weight is 374 g/mol. The fourth-order valence-corrected chi connectivity index (χ4v) is 2.68. The van der Waals surface area contributed by atoms with Gasteiger partial charge in [-0.3, -0.25) is 0 Å². The Labute approximate surface area is 124 Å². The third kappa shape index (κ3) is 3.12. The molecule has 0 heterocycles. The van der Waals surface area contributed by atoms with Gasteiger partial charge in [-0.25, -0.2) is 8.78 Å².